The highest BCUT2D eigenvalue weighted by Gasteiger charge is 2.38. The van der Waals surface area contributed by atoms with Crippen LogP contribution < -0.4 is 5.32 Å². The molecule has 1 atom stereocenters. The minimum absolute atomic E-state index is 0.0869. The summed E-state index contributed by atoms with van der Waals surface area (Å²) < 4.78 is 77.3. The molecule has 5 nitrogen and oxygen atoms in total. The van der Waals surface area contributed by atoms with E-state index in [-0.39, 0.29) is 24.9 Å². The fourth-order valence-electron chi connectivity index (χ4n) is 3.08. The van der Waals surface area contributed by atoms with Gasteiger partial charge in [0.05, 0.1) is 11.1 Å². The van der Waals surface area contributed by atoms with Gasteiger partial charge in [-0.1, -0.05) is 11.6 Å². The highest BCUT2D eigenvalue weighted by Crippen LogP contribution is 2.33. The van der Waals surface area contributed by atoms with Crippen molar-refractivity contribution in [1.82, 2.24) is 15.1 Å². The number of aryl methyl sites for hydroxylation is 1. The molecule has 0 saturated carbocycles. The topological polar surface area (TPSA) is 58.1 Å². The molecule has 0 spiro atoms. The third kappa shape index (κ3) is 4.77. The van der Waals surface area contributed by atoms with Crippen LogP contribution in [0.1, 0.15) is 33.6 Å². The maximum absolute atomic E-state index is 13.2. The summed E-state index contributed by atoms with van der Waals surface area (Å²) in [5.74, 6) is -0.660. The van der Waals surface area contributed by atoms with Gasteiger partial charge in [0, 0.05) is 19.1 Å². The van der Waals surface area contributed by atoms with Gasteiger partial charge >= 0.3 is 12.4 Å². The number of halogens is 6. The summed E-state index contributed by atoms with van der Waals surface area (Å²) in [5, 5.41) is 9.42. The van der Waals surface area contributed by atoms with Crippen molar-refractivity contribution in [2.75, 3.05) is 18.4 Å². The Bertz CT molecular complexity index is 895. The first-order chi connectivity index (χ1) is 13.4. The average molecular weight is 418 g/mol. The zero-order valence-corrected chi connectivity index (χ0v) is 15.1. The van der Waals surface area contributed by atoms with Crippen LogP contribution in [0.15, 0.2) is 30.3 Å². The van der Waals surface area contributed by atoms with Crippen LogP contribution in [0, 0.1) is 6.92 Å². The highest BCUT2D eigenvalue weighted by atomic mass is 19.4. The monoisotopic (exact) mass is 418 g/mol. The lowest BCUT2D eigenvalue weighted by Crippen LogP contribution is -2.33. The van der Waals surface area contributed by atoms with Crippen molar-refractivity contribution < 1.29 is 31.1 Å². The molecule has 1 saturated heterocycles. The van der Waals surface area contributed by atoms with E-state index in [0.717, 1.165) is 18.2 Å². The Balaban J connectivity index is 1.70. The number of carbonyl (C=O) groups excluding carboxylic acids is 1. The summed E-state index contributed by atoms with van der Waals surface area (Å²) in [6.07, 6.45) is -8.86. The van der Waals surface area contributed by atoms with Crippen molar-refractivity contribution >= 4 is 11.7 Å². The summed E-state index contributed by atoms with van der Waals surface area (Å²) in [6.45, 7) is 1.89. The van der Waals surface area contributed by atoms with Crippen molar-refractivity contribution in [1.29, 1.82) is 0 Å². The minimum Gasteiger partial charge on any atom is -0.364 e. The molecule has 2 heterocycles. The maximum atomic E-state index is 13.2. The zero-order valence-electron chi connectivity index (χ0n) is 15.1. The van der Waals surface area contributed by atoms with E-state index < -0.39 is 35.1 Å². The molecule has 0 aliphatic carbocycles. The van der Waals surface area contributed by atoms with E-state index in [9.17, 15) is 31.1 Å². The van der Waals surface area contributed by atoms with Gasteiger partial charge in [0.1, 0.15) is 5.82 Å². The number of rotatable bonds is 3. The van der Waals surface area contributed by atoms with E-state index in [2.05, 4.69) is 15.5 Å². The number of anilines is 1. The van der Waals surface area contributed by atoms with E-state index in [1.165, 1.54) is 17.0 Å². The number of alkyl halides is 6. The van der Waals surface area contributed by atoms with Crippen LogP contribution in [0.4, 0.5) is 32.2 Å². The second kappa shape index (κ2) is 7.53. The predicted molar refractivity (Wildman–Crippen MR) is 91.1 cm³/mol. The molecule has 11 heteroatoms. The van der Waals surface area contributed by atoms with E-state index in [4.69, 9.17) is 0 Å². The van der Waals surface area contributed by atoms with Gasteiger partial charge < -0.3 is 10.2 Å². The SMILES string of the molecule is Cc1ccc(C(F)(F)F)c(C(=O)N2CCC(Nc3ccc(C(F)(F)F)nn3)C2)c1. The van der Waals surface area contributed by atoms with Crippen molar-refractivity contribution in [3.8, 4) is 0 Å². The van der Waals surface area contributed by atoms with Crippen LogP contribution in [-0.2, 0) is 12.4 Å². The van der Waals surface area contributed by atoms with Crippen LogP contribution in [0.5, 0.6) is 0 Å². The number of nitrogens with zero attached hydrogens (tertiary/aromatic N) is 3. The molecule has 156 valence electrons. The Morgan fingerprint density at radius 3 is 2.38 bits per heavy atom. The van der Waals surface area contributed by atoms with Gasteiger partial charge in [-0.15, -0.1) is 10.2 Å². The number of likely N-dealkylation sites (tertiary alicyclic amines) is 1. The van der Waals surface area contributed by atoms with Crippen LogP contribution in [0.3, 0.4) is 0 Å². The molecule has 1 aromatic carbocycles. The zero-order chi connectivity index (χ0) is 21.4. The first kappa shape index (κ1) is 20.9. The summed E-state index contributed by atoms with van der Waals surface area (Å²) >= 11 is 0. The van der Waals surface area contributed by atoms with E-state index >= 15 is 0 Å². The fraction of sp³-hybridized carbons (Fsp3) is 0.389. The molecule has 1 amide bonds. The Labute approximate surface area is 161 Å². The van der Waals surface area contributed by atoms with Crippen molar-refractivity contribution in [3.63, 3.8) is 0 Å². The Morgan fingerprint density at radius 1 is 1.07 bits per heavy atom. The third-order valence-corrected chi connectivity index (χ3v) is 4.49. The molecule has 3 rings (SSSR count). The van der Waals surface area contributed by atoms with Crippen LogP contribution >= 0.6 is 0 Å². The summed E-state index contributed by atoms with van der Waals surface area (Å²) in [4.78, 5) is 13.9. The number of hydrogen-bond donors (Lipinski definition) is 1. The average Bonchev–Trinajstić information content (AvgIpc) is 3.08. The Kier molecular flexibility index (Phi) is 5.42. The summed E-state index contributed by atoms with van der Waals surface area (Å²) in [7, 11) is 0. The van der Waals surface area contributed by atoms with Crippen molar-refractivity contribution in [3.05, 3.63) is 52.7 Å². The number of hydrogen-bond acceptors (Lipinski definition) is 4. The summed E-state index contributed by atoms with van der Waals surface area (Å²) in [6, 6.07) is 4.89. The van der Waals surface area contributed by atoms with E-state index in [0.29, 0.717) is 12.0 Å². The fourth-order valence-corrected chi connectivity index (χ4v) is 3.08. The number of carbonyl (C=O) groups is 1. The summed E-state index contributed by atoms with van der Waals surface area (Å²) in [5.41, 5.74) is -2.04. The molecule has 0 radical (unpaired) electrons. The Hall–Kier alpha value is -2.85. The van der Waals surface area contributed by atoms with Gasteiger partial charge in [0.25, 0.3) is 5.91 Å². The van der Waals surface area contributed by atoms with E-state index in [1.54, 1.807) is 6.92 Å². The van der Waals surface area contributed by atoms with Crippen LogP contribution in [0.2, 0.25) is 0 Å². The second-order valence-corrected chi connectivity index (χ2v) is 6.73. The third-order valence-electron chi connectivity index (χ3n) is 4.49. The lowest BCUT2D eigenvalue weighted by molar-refractivity contribution is -0.141. The smallest absolute Gasteiger partial charge is 0.364 e. The number of aromatic nitrogens is 2. The standard InChI is InChI=1S/C18H16F6N4O/c1-10-2-3-13(17(19,20)21)12(8-10)16(29)28-7-6-11(9-28)25-15-5-4-14(26-27-15)18(22,23)24/h2-5,8,11H,6-7,9H2,1H3,(H,25,27). The molecular weight excluding hydrogens is 402 g/mol. The van der Waals surface area contributed by atoms with Crippen LogP contribution in [0.25, 0.3) is 0 Å². The number of benzene rings is 1. The lowest BCUT2D eigenvalue weighted by atomic mass is 10.0. The number of nitrogens with one attached hydrogen (secondary N) is 1. The molecule has 1 N–H and O–H groups in total. The van der Waals surface area contributed by atoms with Gasteiger partial charge in [-0.05, 0) is 37.6 Å². The van der Waals surface area contributed by atoms with Gasteiger partial charge in [-0.3, -0.25) is 4.79 Å². The normalized spacial score (nSPS) is 17.5. The second-order valence-electron chi connectivity index (χ2n) is 6.73. The minimum atomic E-state index is -4.66. The quantitative estimate of drug-likeness (QED) is 0.761. The first-order valence-electron chi connectivity index (χ1n) is 8.60. The molecular formula is C18H16F6N4O. The maximum Gasteiger partial charge on any atom is 0.435 e. The van der Waals surface area contributed by atoms with Crippen molar-refractivity contribution in [2.24, 2.45) is 0 Å². The largest absolute Gasteiger partial charge is 0.435 e. The molecule has 29 heavy (non-hydrogen) atoms. The van der Waals surface area contributed by atoms with Gasteiger partial charge in [0.15, 0.2) is 5.69 Å². The molecule has 1 aliphatic rings. The molecule has 2 aromatic rings. The van der Waals surface area contributed by atoms with Crippen LogP contribution in [-0.4, -0.2) is 40.1 Å². The number of amides is 1. The van der Waals surface area contributed by atoms with E-state index in [1.807, 2.05) is 0 Å². The molecule has 1 aliphatic heterocycles. The molecule has 1 aromatic heterocycles. The van der Waals surface area contributed by atoms with Gasteiger partial charge in [0.2, 0.25) is 0 Å². The Morgan fingerprint density at radius 2 is 1.79 bits per heavy atom. The predicted octanol–water partition coefficient (Wildman–Crippen LogP) is 4.15. The first-order valence-corrected chi connectivity index (χ1v) is 8.60. The van der Waals surface area contributed by atoms with Crippen molar-refractivity contribution in [2.45, 2.75) is 31.7 Å². The molecule has 0 bridgehead atoms. The van der Waals surface area contributed by atoms with Gasteiger partial charge in [-0.25, -0.2) is 0 Å². The molecule has 1 unspecified atom stereocenters. The highest BCUT2D eigenvalue weighted by molar-refractivity contribution is 5.96. The lowest BCUT2D eigenvalue weighted by Gasteiger charge is -2.20. The van der Waals surface area contributed by atoms with Gasteiger partial charge in [-0.2, -0.15) is 26.3 Å². The molecule has 1 fully saturated rings.